The molecule has 0 atom stereocenters. The molecule has 2 heterocycles. The number of carbonyl (C=O) groups excluding carboxylic acids is 1. The number of nitrogens with two attached hydrogens (primary N) is 1. The van der Waals surface area contributed by atoms with E-state index in [0.29, 0.717) is 11.7 Å². The molecule has 2 aromatic rings. The number of hydrogen-bond acceptors (Lipinski definition) is 4. The number of primary amides is 1. The van der Waals surface area contributed by atoms with Crippen LogP contribution in [0.4, 0.5) is 14.6 Å². The van der Waals surface area contributed by atoms with E-state index in [0.717, 1.165) is 37.9 Å². The highest BCUT2D eigenvalue weighted by Gasteiger charge is 2.21. The van der Waals surface area contributed by atoms with Crippen molar-refractivity contribution in [3.63, 3.8) is 0 Å². The van der Waals surface area contributed by atoms with Gasteiger partial charge in [0.1, 0.15) is 11.5 Å². The largest absolute Gasteiger partial charge is 0.364 e. The number of aromatic nitrogens is 2. The fourth-order valence-corrected chi connectivity index (χ4v) is 2.99. The summed E-state index contributed by atoms with van der Waals surface area (Å²) in [6, 6.07) is 4.07. The standard InChI is InChI=1S/C17H18F2N4O/c18-13-2-1-12(8-14(13)19)7-11-3-5-23(6-4-11)16-10-21-9-15(22-16)17(20)24/h1-2,8-11H,3-7H2,(H2,20,24). The summed E-state index contributed by atoms with van der Waals surface area (Å²) in [6.45, 7) is 1.54. The lowest BCUT2D eigenvalue weighted by atomic mass is 9.90. The number of anilines is 1. The van der Waals surface area contributed by atoms with E-state index in [-0.39, 0.29) is 5.69 Å². The van der Waals surface area contributed by atoms with Crippen LogP contribution in [0.2, 0.25) is 0 Å². The van der Waals surface area contributed by atoms with Crippen molar-refractivity contribution in [2.75, 3.05) is 18.0 Å². The van der Waals surface area contributed by atoms with Gasteiger partial charge in [0.2, 0.25) is 0 Å². The zero-order valence-corrected chi connectivity index (χ0v) is 13.1. The molecule has 0 saturated carbocycles. The van der Waals surface area contributed by atoms with Gasteiger partial charge in [-0.25, -0.2) is 13.8 Å². The first-order chi connectivity index (χ1) is 11.5. The Morgan fingerprint density at radius 2 is 1.96 bits per heavy atom. The van der Waals surface area contributed by atoms with E-state index in [1.807, 2.05) is 0 Å². The van der Waals surface area contributed by atoms with Crippen molar-refractivity contribution < 1.29 is 13.6 Å². The van der Waals surface area contributed by atoms with Crippen LogP contribution >= 0.6 is 0 Å². The van der Waals surface area contributed by atoms with Gasteiger partial charge in [-0.1, -0.05) is 6.07 Å². The highest BCUT2D eigenvalue weighted by Crippen LogP contribution is 2.25. The summed E-state index contributed by atoms with van der Waals surface area (Å²) < 4.78 is 26.3. The molecule has 1 fully saturated rings. The Kier molecular flexibility index (Phi) is 4.69. The van der Waals surface area contributed by atoms with E-state index in [9.17, 15) is 13.6 Å². The molecule has 1 amide bonds. The first-order valence-electron chi connectivity index (χ1n) is 7.83. The van der Waals surface area contributed by atoms with Crippen LogP contribution in [-0.2, 0) is 6.42 Å². The van der Waals surface area contributed by atoms with Crippen molar-refractivity contribution in [1.29, 1.82) is 0 Å². The lowest BCUT2D eigenvalue weighted by molar-refractivity contribution is 0.0995. The number of nitrogens with zero attached hydrogens (tertiary/aromatic N) is 3. The predicted octanol–water partition coefficient (Wildman–Crippen LogP) is 2.31. The zero-order valence-electron chi connectivity index (χ0n) is 13.1. The highest BCUT2D eigenvalue weighted by atomic mass is 19.2. The average Bonchev–Trinajstić information content (AvgIpc) is 2.59. The first kappa shape index (κ1) is 16.3. The Hall–Kier alpha value is -2.57. The zero-order chi connectivity index (χ0) is 17.1. The molecule has 1 saturated heterocycles. The van der Waals surface area contributed by atoms with Crippen LogP contribution in [0.15, 0.2) is 30.6 Å². The smallest absolute Gasteiger partial charge is 0.268 e. The Labute approximate surface area is 138 Å². The molecule has 1 aromatic heterocycles. The summed E-state index contributed by atoms with van der Waals surface area (Å²) in [5.74, 6) is -1.18. The van der Waals surface area contributed by atoms with Gasteiger partial charge in [-0.2, -0.15) is 0 Å². The van der Waals surface area contributed by atoms with E-state index in [1.165, 1.54) is 18.3 Å². The van der Waals surface area contributed by atoms with Crippen LogP contribution in [-0.4, -0.2) is 29.0 Å². The van der Waals surface area contributed by atoms with Gasteiger partial charge >= 0.3 is 0 Å². The summed E-state index contributed by atoms with van der Waals surface area (Å²) in [5, 5.41) is 0. The van der Waals surface area contributed by atoms with Crippen LogP contribution in [0.25, 0.3) is 0 Å². The number of amides is 1. The van der Waals surface area contributed by atoms with E-state index < -0.39 is 17.5 Å². The Morgan fingerprint density at radius 3 is 2.62 bits per heavy atom. The summed E-state index contributed by atoms with van der Waals surface area (Å²) in [4.78, 5) is 21.5. The van der Waals surface area contributed by atoms with Gasteiger partial charge in [-0.05, 0) is 42.9 Å². The molecule has 3 rings (SSSR count). The SMILES string of the molecule is NC(=O)c1cncc(N2CCC(Cc3ccc(F)c(F)c3)CC2)n1. The van der Waals surface area contributed by atoms with E-state index in [2.05, 4.69) is 14.9 Å². The van der Waals surface area contributed by atoms with Crippen molar-refractivity contribution >= 4 is 11.7 Å². The fourth-order valence-electron chi connectivity index (χ4n) is 2.99. The molecule has 1 aliphatic rings. The Balaban J connectivity index is 1.60. The second-order valence-corrected chi connectivity index (χ2v) is 6.01. The quantitative estimate of drug-likeness (QED) is 0.932. The molecular formula is C17H18F2N4O. The second-order valence-electron chi connectivity index (χ2n) is 6.01. The van der Waals surface area contributed by atoms with Crippen molar-refractivity contribution in [3.05, 3.63) is 53.5 Å². The minimum atomic E-state index is -0.818. The van der Waals surface area contributed by atoms with Crippen LogP contribution in [0, 0.1) is 17.6 Å². The van der Waals surface area contributed by atoms with Crippen molar-refractivity contribution in [3.8, 4) is 0 Å². The number of hydrogen-bond donors (Lipinski definition) is 1. The average molecular weight is 332 g/mol. The molecule has 0 aliphatic carbocycles. The Morgan fingerprint density at radius 1 is 1.21 bits per heavy atom. The number of carbonyl (C=O) groups is 1. The lowest BCUT2D eigenvalue weighted by Gasteiger charge is -2.32. The third kappa shape index (κ3) is 3.67. The second kappa shape index (κ2) is 6.90. The molecule has 1 aliphatic heterocycles. The number of rotatable bonds is 4. The molecule has 5 nitrogen and oxygen atoms in total. The summed E-state index contributed by atoms with van der Waals surface area (Å²) in [5.41, 5.74) is 6.18. The third-order valence-electron chi connectivity index (χ3n) is 4.32. The number of benzene rings is 1. The van der Waals surface area contributed by atoms with Crippen molar-refractivity contribution in [2.24, 2.45) is 11.7 Å². The number of piperidine rings is 1. The lowest BCUT2D eigenvalue weighted by Crippen LogP contribution is -2.35. The summed E-state index contributed by atoms with van der Waals surface area (Å²) in [6.07, 6.45) is 5.49. The molecule has 126 valence electrons. The van der Waals surface area contributed by atoms with Gasteiger partial charge in [0.15, 0.2) is 11.6 Å². The van der Waals surface area contributed by atoms with Gasteiger partial charge in [-0.15, -0.1) is 0 Å². The van der Waals surface area contributed by atoms with Crippen molar-refractivity contribution in [2.45, 2.75) is 19.3 Å². The maximum atomic E-state index is 13.3. The van der Waals surface area contributed by atoms with E-state index in [4.69, 9.17) is 5.73 Å². The minimum absolute atomic E-state index is 0.149. The van der Waals surface area contributed by atoms with Crippen LogP contribution in [0.1, 0.15) is 28.9 Å². The topological polar surface area (TPSA) is 72.1 Å². The highest BCUT2D eigenvalue weighted by molar-refractivity contribution is 5.90. The maximum absolute atomic E-state index is 13.3. The third-order valence-corrected chi connectivity index (χ3v) is 4.32. The normalized spacial score (nSPS) is 15.5. The molecule has 0 bridgehead atoms. The van der Waals surface area contributed by atoms with Crippen LogP contribution in [0.5, 0.6) is 0 Å². The fraction of sp³-hybridized carbons (Fsp3) is 0.353. The van der Waals surface area contributed by atoms with Gasteiger partial charge < -0.3 is 10.6 Å². The minimum Gasteiger partial charge on any atom is -0.364 e. The van der Waals surface area contributed by atoms with Crippen LogP contribution < -0.4 is 10.6 Å². The molecule has 2 N–H and O–H groups in total. The van der Waals surface area contributed by atoms with E-state index >= 15 is 0 Å². The van der Waals surface area contributed by atoms with E-state index in [1.54, 1.807) is 12.3 Å². The summed E-state index contributed by atoms with van der Waals surface area (Å²) in [7, 11) is 0. The van der Waals surface area contributed by atoms with Gasteiger partial charge in [0, 0.05) is 13.1 Å². The first-order valence-corrected chi connectivity index (χ1v) is 7.83. The van der Waals surface area contributed by atoms with Gasteiger partial charge in [-0.3, -0.25) is 9.78 Å². The molecule has 0 radical (unpaired) electrons. The predicted molar refractivity (Wildman–Crippen MR) is 85.5 cm³/mol. The Bertz CT molecular complexity index is 745. The monoisotopic (exact) mass is 332 g/mol. The molecular weight excluding hydrogens is 314 g/mol. The van der Waals surface area contributed by atoms with Crippen LogP contribution in [0.3, 0.4) is 0 Å². The molecule has 0 unspecified atom stereocenters. The van der Waals surface area contributed by atoms with Gasteiger partial charge in [0.25, 0.3) is 5.91 Å². The van der Waals surface area contributed by atoms with Gasteiger partial charge in [0.05, 0.1) is 12.4 Å². The van der Waals surface area contributed by atoms with Crippen molar-refractivity contribution in [1.82, 2.24) is 9.97 Å². The molecule has 7 heteroatoms. The summed E-state index contributed by atoms with van der Waals surface area (Å²) >= 11 is 0. The molecule has 1 aromatic carbocycles. The molecule has 0 spiro atoms. The molecule has 24 heavy (non-hydrogen) atoms. The number of halogens is 2. The maximum Gasteiger partial charge on any atom is 0.268 e.